The molecule has 0 aromatic heterocycles. The lowest BCUT2D eigenvalue weighted by atomic mass is 9.89. The summed E-state index contributed by atoms with van der Waals surface area (Å²) >= 11 is 0. The van der Waals surface area contributed by atoms with Gasteiger partial charge in [-0.05, 0) is 39.2 Å². The van der Waals surface area contributed by atoms with Crippen LogP contribution in [0.25, 0.3) is 0 Å². The molecule has 0 bridgehead atoms. The maximum Gasteiger partial charge on any atom is 0.0510 e. The van der Waals surface area contributed by atoms with Gasteiger partial charge in [-0.2, -0.15) is 0 Å². The highest BCUT2D eigenvalue weighted by atomic mass is 15.2. The van der Waals surface area contributed by atoms with Crippen molar-refractivity contribution in [1.29, 1.82) is 0 Å². The van der Waals surface area contributed by atoms with Crippen molar-refractivity contribution in [1.82, 2.24) is 4.90 Å². The Labute approximate surface area is 111 Å². The first-order valence-electron chi connectivity index (χ1n) is 7.11. The second kappa shape index (κ2) is 5.41. The second-order valence-electron chi connectivity index (χ2n) is 6.08. The van der Waals surface area contributed by atoms with E-state index in [0.29, 0.717) is 12.1 Å². The number of rotatable bonds is 3. The molecule has 2 N–H and O–H groups in total. The van der Waals surface area contributed by atoms with Gasteiger partial charge in [0.15, 0.2) is 0 Å². The van der Waals surface area contributed by atoms with Crippen LogP contribution in [0.5, 0.6) is 0 Å². The number of likely N-dealkylation sites (tertiary alicyclic amines) is 1. The molecule has 18 heavy (non-hydrogen) atoms. The SMILES string of the molecule is C[C@@H]1CCC[C@H](C)N1CC(C)(N)c1ccccc1. The van der Waals surface area contributed by atoms with E-state index >= 15 is 0 Å². The van der Waals surface area contributed by atoms with Gasteiger partial charge < -0.3 is 5.73 Å². The third-order valence-corrected chi connectivity index (χ3v) is 4.32. The van der Waals surface area contributed by atoms with Crippen molar-refractivity contribution in [3.8, 4) is 0 Å². The van der Waals surface area contributed by atoms with E-state index in [0.717, 1.165) is 6.54 Å². The van der Waals surface area contributed by atoms with Crippen molar-refractivity contribution in [3.05, 3.63) is 35.9 Å². The van der Waals surface area contributed by atoms with Gasteiger partial charge in [-0.15, -0.1) is 0 Å². The third-order valence-electron chi connectivity index (χ3n) is 4.32. The molecule has 1 heterocycles. The maximum atomic E-state index is 6.55. The molecule has 1 fully saturated rings. The predicted molar refractivity (Wildman–Crippen MR) is 77.5 cm³/mol. The molecule has 0 radical (unpaired) electrons. The molecule has 0 spiro atoms. The lowest BCUT2D eigenvalue weighted by Gasteiger charge is -2.43. The summed E-state index contributed by atoms with van der Waals surface area (Å²) in [5, 5.41) is 0. The molecule has 2 nitrogen and oxygen atoms in total. The van der Waals surface area contributed by atoms with Gasteiger partial charge >= 0.3 is 0 Å². The van der Waals surface area contributed by atoms with Gasteiger partial charge in [-0.25, -0.2) is 0 Å². The van der Waals surface area contributed by atoms with Crippen molar-refractivity contribution < 1.29 is 0 Å². The van der Waals surface area contributed by atoms with Crippen molar-refractivity contribution in [2.45, 2.75) is 57.7 Å². The largest absolute Gasteiger partial charge is 0.321 e. The first kappa shape index (κ1) is 13.6. The summed E-state index contributed by atoms with van der Waals surface area (Å²) in [4.78, 5) is 2.58. The monoisotopic (exact) mass is 246 g/mol. The van der Waals surface area contributed by atoms with Crippen LogP contribution in [0.4, 0.5) is 0 Å². The van der Waals surface area contributed by atoms with Gasteiger partial charge in [0.05, 0.1) is 5.54 Å². The maximum absolute atomic E-state index is 6.55. The molecular formula is C16H26N2. The molecule has 1 aliphatic rings. The molecule has 1 aromatic carbocycles. The highest BCUT2D eigenvalue weighted by Crippen LogP contribution is 2.27. The number of hydrogen-bond acceptors (Lipinski definition) is 2. The number of nitrogens with two attached hydrogens (primary N) is 1. The summed E-state index contributed by atoms with van der Waals surface area (Å²) in [6.45, 7) is 7.75. The molecule has 3 atom stereocenters. The number of hydrogen-bond donors (Lipinski definition) is 1. The van der Waals surface area contributed by atoms with Crippen LogP contribution >= 0.6 is 0 Å². The topological polar surface area (TPSA) is 29.3 Å². The molecule has 100 valence electrons. The molecule has 0 amide bonds. The Balaban J connectivity index is 2.12. The zero-order valence-electron chi connectivity index (χ0n) is 11.9. The van der Waals surface area contributed by atoms with E-state index in [9.17, 15) is 0 Å². The third kappa shape index (κ3) is 2.93. The van der Waals surface area contributed by atoms with Gasteiger partial charge in [0, 0.05) is 18.6 Å². The van der Waals surface area contributed by atoms with Crippen LogP contribution in [0, 0.1) is 0 Å². The van der Waals surface area contributed by atoms with Crippen LogP contribution in [0.1, 0.15) is 45.6 Å². The van der Waals surface area contributed by atoms with Crippen molar-refractivity contribution >= 4 is 0 Å². The normalized spacial score (nSPS) is 28.9. The Morgan fingerprint density at radius 3 is 2.28 bits per heavy atom. The van der Waals surface area contributed by atoms with E-state index in [-0.39, 0.29) is 5.54 Å². The fourth-order valence-electron chi connectivity index (χ4n) is 3.08. The number of benzene rings is 1. The Bertz CT molecular complexity index is 362. The second-order valence-corrected chi connectivity index (χ2v) is 6.08. The summed E-state index contributed by atoms with van der Waals surface area (Å²) in [6.07, 6.45) is 3.95. The summed E-state index contributed by atoms with van der Waals surface area (Å²) in [7, 11) is 0. The Hall–Kier alpha value is -0.860. The molecule has 2 rings (SSSR count). The molecule has 1 aliphatic heterocycles. The molecule has 0 saturated carbocycles. The van der Waals surface area contributed by atoms with Crippen molar-refractivity contribution in [2.24, 2.45) is 5.73 Å². The Kier molecular flexibility index (Phi) is 4.08. The van der Waals surface area contributed by atoms with E-state index in [1.165, 1.54) is 24.8 Å². The fourth-order valence-corrected chi connectivity index (χ4v) is 3.08. The van der Waals surface area contributed by atoms with Crippen molar-refractivity contribution in [3.63, 3.8) is 0 Å². The molecular weight excluding hydrogens is 220 g/mol. The average molecular weight is 246 g/mol. The minimum Gasteiger partial charge on any atom is -0.321 e. The van der Waals surface area contributed by atoms with E-state index in [2.05, 4.69) is 49.9 Å². The van der Waals surface area contributed by atoms with Gasteiger partial charge in [0.25, 0.3) is 0 Å². The number of nitrogens with zero attached hydrogens (tertiary/aromatic N) is 1. The summed E-state index contributed by atoms with van der Waals surface area (Å²) in [6, 6.07) is 11.8. The van der Waals surface area contributed by atoms with Crippen LogP contribution in [-0.2, 0) is 5.54 Å². The van der Waals surface area contributed by atoms with Crippen LogP contribution in [0.3, 0.4) is 0 Å². The first-order valence-corrected chi connectivity index (χ1v) is 7.11. The summed E-state index contributed by atoms with van der Waals surface area (Å²) < 4.78 is 0. The summed E-state index contributed by atoms with van der Waals surface area (Å²) in [5.74, 6) is 0. The van der Waals surface area contributed by atoms with Crippen LogP contribution < -0.4 is 5.73 Å². The fraction of sp³-hybridized carbons (Fsp3) is 0.625. The van der Waals surface area contributed by atoms with Crippen LogP contribution in [0.2, 0.25) is 0 Å². The zero-order valence-corrected chi connectivity index (χ0v) is 11.9. The first-order chi connectivity index (χ1) is 8.50. The smallest absolute Gasteiger partial charge is 0.0510 e. The molecule has 2 heteroatoms. The van der Waals surface area contributed by atoms with Gasteiger partial charge in [0.1, 0.15) is 0 Å². The molecule has 1 unspecified atom stereocenters. The zero-order chi connectivity index (χ0) is 13.2. The van der Waals surface area contributed by atoms with Crippen molar-refractivity contribution in [2.75, 3.05) is 6.54 Å². The van der Waals surface area contributed by atoms with Gasteiger partial charge in [-0.1, -0.05) is 36.8 Å². The van der Waals surface area contributed by atoms with E-state index in [1.54, 1.807) is 0 Å². The molecule has 1 aromatic rings. The predicted octanol–water partition coefficient (Wildman–Crippen LogP) is 3.12. The minimum atomic E-state index is -0.263. The summed E-state index contributed by atoms with van der Waals surface area (Å²) in [5.41, 5.74) is 7.52. The van der Waals surface area contributed by atoms with Crippen LogP contribution in [-0.4, -0.2) is 23.5 Å². The lowest BCUT2D eigenvalue weighted by Crippen LogP contribution is -2.53. The highest BCUT2D eigenvalue weighted by Gasteiger charge is 2.31. The standard InChI is InChI=1S/C16H26N2/c1-13-8-7-9-14(2)18(13)12-16(3,17)15-10-5-4-6-11-15/h4-6,10-11,13-14H,7-9,12,17H2,1-3H3/t13-,14+,16?. The number of piperidine rings is 1. The average Bonchev–Trinajstić information content (AvgIpc) is 2.35. The Morgan fingerprint density at radius 1 is 1.17 bits per heavy atom. The van der Waals surface area contributed by atoms with Crippen LogP contribution in [0.15, 0.2) is 30.3 Å². The van der Waals surface area contributed by atoms with Gasteiger partial charge in [-0.3, -0.25) is 4.90 Å². The van der Waals surface area contributed by atoms with E-state index in [1.807, 2.05) is 6.07 Å². The lowest BCUT2D eigenvalue weighted by molar-refractivity contribution is 0.0784. The molecule has 1 saturated heterocycles. The minimum absolute atomic E-state index is 0.263. The quantitative estimate of drug-likeness (QED) is 0.888. The van der Waals surface area contributed by atoms with Gasteiger partial charge in [0.2, 0.25) is 0 Å². The Morgan fingerprint density at radius 2 is 1.72 bits per heavy atom. The highest BCUT2D eigenvalue weighted by molar-refractivity contribution is 5.23. The van der Waals surface area contributed by atoms with E-state index in [4.69, 9.17) is 5.73 Å². The van der Waals surface area contributed by atoms with E-state index < -0.39 is 0 Å². The molecule has 0 aliphatic carbocycles.